The molecule has 0 aliphatic rings. The fourth-order valence-corrected chi connectivity index (χ4v) is 2.24. The van der Waals surface area contributed by atoms with Gasteiger partial charge in [-0.05, 0) is 25.6 Å². The lowest BCUT2D eigenvalue weighted by Crippen LogP contribution is -2.53. The predicted octanol–water partition coefficient (Wildman–Crippen LogP) is 1.83. The number of rotatable bonds is 9. The summed E-state index contributed by atoms with van der Waals surface area (Å²) in [5.41, 5.74) is 5.79. The van der Waals surface area contributed by atoms with Gasteiger partial charge in [0, 0.05) is 32.7 Å². The fraction of sp³-hybridized carbons (Fsp3) is 0.714. The standard InChI is InChI=1S/C14H26N2O3/c1-5-16(10-12-7-6-8-19-12)14(2,11-15)9-13(17-3)18-4/h6-8,13H,5,9-11,15H2,1-4H3. The number of ether oxygens (including phenoxy) is 2. The van der Waals surface area contributed by atoms with Gasteiger partial charge in [-0.1, -0.05) is 6.92 Å². The zero-order valence-electron chi connectivity index (χ0n) is 12.4. The molecule has 1 atom stereocenters. The fourth-order valence-electron chi connectivity index (χ4n) is 2.24. The highest BCUT2D eigenvalue weighted by molar-refractivity contribution is 5.00. The van der Waals surface area contributed by atoms with Gasteiger partial charge in [0.1, 0.15) is 5.76 Å². The molecule has 0 aromatic carbocycles. The molecule has 0 saturated carbocycles. The highest BCUT2D eigenvalue weighted by atomic mass is 16.7. The summed E-state index contributed by atoms with van der Waals surface area (Å²) in [5, 5.41) is 0. The minimum Gasteiger partial charge on any atom is -0.468 e. The molecule has 0 saturated heterocycles. The van der Waals surface area contributed by atoms with Gasteiger partial charge in [0.2, 0.25) is 0 Å². The summed E-state index contributed by atoms with van der Waals surface area (Å²) in [5.74, 6) is 0.938. The molecule has 2 N–H and O–H groups in total. The van der Waals surface area contributed by atoms with Crippen molar-refractivity contribution in [2.75, 3.05) is 27.3 Å². The third kappa shape index (κ3) is 4.31. The van der Waals surface area contributed by atoms with E-state index in [2.05, 4.69) is 18.7 Å². The number of hydrogen-bond donors (Lipinski definition) is 1. The SMILES string of the molecule is CCN(Cc1ccco1)C(C)(CN)CC(OC)OC. The number of nitrogens with two attached hydrogens (primary N) is 1. The first-order chi connectivity index (χ1) is 9.09. The van der Waals surface area contributed by atoms with Crippen LogP contribution in [0.4, 0.5) is 0 Å². The lowest BCUT2D eigenvalue weighted by atomic mass is 9.94. The Kier molecular flexibility index (Phi) is 6.51. The number of methoxy groups -OCH3 is 2. The van der Waals surface area contributed by atoms with Crippen LogP contribution in [0.3, 0.4) is 0 Å². The number of likely N-dealkylation sites (N-methyl/N-ethyl adjacent to an activating group) is 1. The Morgan fingerprint density at radius 2 is 2.11 bits per heavy atom. The van der Waals surface area contributed by atoms with Crippen LogP contribution in [0.25, 0.3) is 0 Å². The molecule has 0 fully saturated rings. The van der Waals surface area contributed by atoms with Gasteiger partial charge in [-0.25, -0.2) is 0 Å². The number of hydrogen-bond acceptors (Lipinski definition) is 5. The second-order valence-electron chi connectivity index (χ2n) is 4.90. The third-order valence-electron chi connectivity index (χ3n) is 3.64. The van der Waals surface area contributed by atoms with Gasteiger partial charge >= 0.3 is 0 Å². The van der Waals surface area contributed by atoms with Crippen LogP contribution in [0.15, 0.2) is 22.8 Å². The van der Waals surface area contributed by atoms with Gasteiger partial charge in [-0.2, -0.15) is 0 Å². The molecular formula is C14H26N2O3. The average Bonchev–Trinajstić information content (AvgIpc) is 2.94. The van der Waals surface area contributed by atoms with Crippen LogP contribution < -0.4 is 5.73 Å². The molecule has 1 aromatic heterocycles. The minimum atomic E-state index is -0.251. The molecule has 0 spiro atoms. The quantitative estimate of drug-likeness (QED) is 0.694. The van der Waals surface area contributed by atoms with Crippen molar-refractivity contribution < 1.29 is 13.9 Å². The minimum absolute atomic E-state index is 0.196. The van der Waals surface area contributed by atoms with E-state index in [0.717, 1.165) is 18.8 Å². The largest absolute Gasteiger partial charge is 0.468 e. The average molecular weight is 270 g/mol. The summed E-state index contributed by atoms with van der Waals surface area (Å²) in [6.45, 7) is 6.40. The van der Waals surface area contributed by atoms with Crippen LogP contribution in [0.1, 0.15) is 26.0 Å². The summed E-state index contributed by atoms with van der Waals surface area (Å²) in [6, 6.07) is 3.87. The topological polar surface area (TPSA) is 60.9 Å². The molecule has 1 aromatic rings. The molecule has 1 unspecified atom stereocenters. The molecule has 19 heavy (non-hydrogen) atoms. The van der Waals surface area contributed by atoms with E-state index >= 15 is 0 Å². The number of furan rings is 1. The van der Waals surface area contributed by atoms with Crippen molar-refractivity contribution in [3.63, 3.8) is 0 Å². The first-order valence-corrected chi connectivity index (χ1v) is 6.62. The predicted molar refractivity (Wildman–Crippen MR) is 74.7 cm³/mol. The van der Waals surface area contributed by atoms with Crippen molar-refractivity contribution >= 4 is 0 Å². The smallest absolute Gasteiger partial charge is 0.158 e. The van der Waals surface area contributed by atoms with E-state index in [0.29, 0.717) is 13.0 Å². The van der Waals surface area contributed by atoms with Crippen LogP contribution >= 0.6 is 0 Å². The Morgan fingerprint density at radius 1 is 1.42 bits per heavy atom. The Balaban J connectivity index is 2.77. The summed E-state index contributed by atoms with van der Waals surface area (Å²) >= 11 is 0. The molecule has 0 radical (unpaired) electrons. The van der Waals surface area contributed by atoms with Crippen LogP contribution in [0, 0.1) is 0 Å². The van der Waals surface area contributed by atoms with Crippen LogP contribution in [0.5, 0.6) is 0 Å². The van der Waals surface area contributed by atoms with Crippen molar-refractivity contribution in [1.29, 1.82) is 0 Å². The van der Waals surface area contributed by atoms with Gasteiger partial charge in [0.05, 0.1) is 12.8 Å². The van der Waals surface area contributed by atoms with Crippen molar-refractivity contribution in [3.05, 3.63) is 24.2 Å². The van der Waals surface area contributed by atoms with Crippen LogP contribution in [0.2, 0.25) is 0 Å². The normalized spacial score (nSPS) is 15.1. The molecule has 1 rings (SSSR count). The van der Waals surface area contributed by atoms with E-state index in [-0.39, 0.29) is 11.8 Å². The maximum absolute atomic E-state index is 5.99. The van der Waals surface area contributed by atoms with E-state index in [1.165, 1.54) is 0 Å². The van der Waals surface area contributed by atoms with E-state index in [9.17, 15) is 0 Å². The van der Waals surface area contributed by atoms with Crippen molar-refractivity contribution in [2.24, 2.45) is 5.73 Å². The molecule has 5 nitrogen and oxygen atoms in total. The monoisotopic (exact) mass is 270 g/mol. The van der Waals surface area contributed by atoms with Crippen LogP contribution in [-0.2, 0) is 16.0 Å². The molecule has 110 valence electrons. The van der Waals surface area contributed by atoms with Gasteiger partial charge in [-0.3, -0.25) is 4.90 Å². The van der Waals surface area contributed by atoms with E-state index in [1.807, 2.05) is 12.1 Å². The summed E-state index contributed by atoms with van der Waals surface area (Å²) in [7, 11) is 3.29. The molecule has 0 amide bonds. The molecule has 5 heteroatoms. The number of nitrogens with zero attached hydrogens (tertiary/aromatic N) is 1. The zero-order valence-corrected chi connectivity index (χ0v) is 12.4. The van der Waals surface area contributed by atoms with E-state index in [1.54, 1.807) is 20.5 Å². The lowest BCUT2D eigenvalue weighted by molar-refractivity contribution is -0.129. The Hall–Kier alpha value is -0.880. The second kappa shape index (κ2) is 7.65. The summed E-state index contributed by atoms with van der Waals surface area (Å²) < 4.78 is 16.0. The summed E-state index contributed by atoms with van der Waals surface area (Å²) in [6.07, 6.45) is 2.15. The summed E-state index contributed by atoms with van der Waals surface area (Å²) in [4.78, 5) is 2.29. The molecule has 0 aliphatic heterocycles. The lowest BCUT2D eigenvalue weighted by Gasteiger charge is -2.41. The third-order valence-corrected chi connectivity index (χ3v) is 3.64. The first-order valence-electron chi connectivity index (χ1n) is 6.62. The first kappa shape index (κ1) is 16.2. The molecule has 0 aliphatic carbocycles. The Bertz CT molecular complexity index is 338. The van der Waals surface area contributed by atoms with Crippen molar-refractivity contribution in [2.45, 2.75) is 38.6 Å². The van der Waals surface area contributed by atoms with E-state index in [4.69, 9.17) is 19.6 Å². The maximum Gasteiger partial charge on any atom is 0.158 e. The van der Waals surface area contributed by atoms with Gasteiger partial charge in [0.25, 0.3) is 0 Å². The molecule has 1 heterocycles. The van der Waals surface area contributed by atoms with Crippen molar-refractivity contribution in [3.8, 4) is 0 Å². The van der Waals surface area contributed by atoms with Gasteiger partial charge in [0.15, 0.2) is 6.29 Å². The highest BCUT2D eigenvalue weighted by Gasteiger charge is 2.33. The van der Waals surface area contributed by atoms with Gasteiger partial charge < -0.3 is 19.6 Å². The molecule has 0 bridgehead atoms. The van der Waals surface area contributed by atoms with Gasteiger partial charge in [-0.15, -0.1) is 0 Å². The second-order valence-corrected chi connectivity index (χ2v) is 4.90. The van der Waals surface area contributed by atoms with E-state index < -0.39 is 0 Å². The zero-order chi connectivity index (χ0) is 14.3. The Morgan fingerprint density at radius 3 is 2.53 bits per heavy atom. The highest BCUT2D eigenvalue weighted by Crippen LogP contribution is 2.24. The van der Waals surface area contributed by atoms with Crippen molar-refractivity contribution in [1.82, 2.24) is 4.90 Å². The maximum atomic E-state index is 5.99. The molecular weight excluding hydrogens is 244 g/mol. The van der Waals surface area contributed by atoms with Crippen LogP contribution in [-0.4, -0.2) is 44.0 Å². The Labute approximate surface area is 115 Å².